The van der Waals surface area contributed by atoms with Gasteiger partial charge < -0.3 is 10.6 Å². The van der Waals surface area contributed by atoms with Crippen LogP contribution in [0.5, 0.6) is 0 Å². The molecule has 4 heteroatoms. The molecule has 2 atom stereocenters. The van der Waals surface area contributed by atoms with E-state index in [0.29, 0.717) is 5.56 Å². The maximum atomic E-state index is 11.8. The summed E-state index contributed by atoms with van der Waals surface area (Å²) in [7, 11) is 0. The molecule has 0 bridgehead atoms. The van der Waals surface area contributed by atoms with Crippen LogP contribution in [0.15, 0.2) is 24.3 Å². The minimum Gasteiger partial charge on any atom is -0.374 e. The Bertz CT molecular complexity index is 433. The Balaban J connectivity index is 2.55. The molecule has 1 amide bonds. The van der Waals surface area contributed by atoms with Gasteiger partial charge in [0.15, 0.2) is 0 Å². The number of carbonyl (C=O) groups is 1. The van der Waals surface area contributed by atoms with Crippen LogP contribution >= 0.6 is 0 Å². The average molecular weight is 245 g/mol. The minimum atomic E-state index is -0.299. The van der Waals surface area contributed by atoms with Crippen molar-refractivity contribution in [3.63, 3.8) is 0 Å². The summed E-state index contributed by atoms with van der Waals surface area (Å²) in [5.74, 6) is -0.0197. The fourth-order valence-corrected chi connectivity index (χ4v) is 1.43. The van der Waals surface area contributed by atoms with Crippen molar-refractivity contribution in [2.24, 2.45) is 0 Å². The molecule has 0 saturated carbocycles. The van der Waals surface area contributed by atoms with Crippen LogP contribution in [-0.4, -0.2) is 18.0 Å². The molecular formula is C14H19N3O. The van der Waals surface area contributed by atoms with Gasteiger partial charge in [0.05, 0.1) is 11.6 Å². The second-order valence-corrected chi connectivity index (χ2v) is 4.37. The van der Waals surface area contributed by atoms with Crippen molar-refractivity contribution in [1.29, 1.82) is 5.26 Å². The predicted molar refractivity (Wildman–Crippen MR) is 72.1 cm³/mol. The fourth-order valence-electron chi connectivity index (χ4n) is 1.43. The second kappa shape index (κ2) is 6.65. The van der Waals surface area contributed by atoms with E-state index in [2.05, 4.69) is 16.7 Å². The highest BCUT2D eigenvalue weighted by molar-refractivity contribution is 5.84. The molecule has 0 aliphatic carbocycles. The molecule has 1 aromatic carbocycles. The van der Waals surface area contributed by atoms with Gasteiger partial charge in [-0.05, 0) is 44.5 Å². The van der Waals surface area contributed by atoms with Gasteiger partial charge in [-0.25, -0.2) is 0 Å². The maximum Gasteiger partial charge on any atom is 0.242 e. The van der Waals surface area contributed by atoms with E-state index in [1.807, 2.05) is 20.8 Å². The van der Waals surface area contributed by atoms with Crippen molar-refractivity contribution in [3.8, 4) is 6.07 Å². The summed E-state index contributed by atoms with van der Waals surface area (Å²) in [4.78, 5) is 11.8. The minimum absolute atomic E-state index is 0.0197. The number of carbonyl (C=O) groups excluding carboxylic acids is 1. The van der Waals surface area contributed by atoms with Crippen molar-refractivity contribution in [2.45, 2.75) is 39.3 Å². The molecule has 2 N–H and O–H groups in total. The van der Waals surface area contributed by atoms with Crippen molar-refractivity contribution < 1.29 is 4.79 Å². The number of nitrogens with zero attached hydrogens (tertiary/aromatic N) is 1. The summed E-state index contributed by atoms with van der Waals surface area (Å²) in [5.41, 5.74) is 1.44. The highest BCUT2D eigenvalue weighted by Gasteiger charge is 2.13. The van der Waals surface area contributed by atoms with E-state index < -0.39 is 0 Å². The lowest BCUT2D eigenvalue weighted by Gasteiger charge is -2.18. The van der Waals surface area contributed by atoms with Gasteiger partial charge in [0.2, 0.25) is 5.91 Å². The van der Waals surface area contributed by atoms with E-state index >= 15 is 0 Å². The number of rotatable bonds is 5. The zero-order valence-electron chi connectivity index (χ0n) is 11.0. The van der Waals surface area contributed by atoms with Crippen molar-refractivity contribution in [2.75, 3.05) is 5.32 Å². The molecule has 18 heavy (non-hydrogen) atoms. The largest absolute Gasteiger partial charge is 0.374 e. The van der Waals surface area contributed by atoms with Gasteiger partial charge in [-0.3, -0.25) is 4.79 Å². The molecular weight excluding hydrogens is 226 g/mol. The molecule has 96 valence electrons. The van der Waals surface area contributed by atoms with E-state index in [1.165, 1.54) is 0 Å². The molecule has 0 aromatic heterocycles. The van der Waals surface area contributed by atoms with E-state index in [1.54, 1.807) is 24.3 Å². The third-order valence-corrected chi connectivity index (χ3v) is 2.79. The van der Waals surface area contributed by atoms with Crippen LogP contribution in [0, 0.1) is 11.3 Å². The van der Waals surface area contributed by atoms with Crippen LogP contribution in [0.3, 0.4) is 0 Å². The van der Waals surface area contributed by atoms with Gasteiger partial charge in [-0.2, -0.15) is 5.26 Å². The Labute approximate surface area is 108 Å². The summed E-state index contributed by atoms with van der Waals surface area (Å²) in [6.45, 7) is 5.83. The molecule has 0 heterocycles. The van der Waals surface area contributed by atoms with Crippen LogP contribution < -0.4 is 10.6 Å². The van der Waals surface area contributed by atoms with Crippen LogP contribution in [-0.2, 0) is 4.79 Å². The number of hydrogen-bond donors (Lipinski definition) is 2. The van der Waals surface area contributed by atoms with Gasteiger partial charge in [-0.15, -0.1) is 0 Å². The molecule has 0 saturated heterocycles. The third kappa shape index (κ3) is 4.10. The monoisotopic (exact) mass is 245 g/mol. The van der Waals surface area contributed by atoms with Crippen LogP contribution in [0.1, 0.15) is 32.8 Å². The molecule has 1 rings (SSSR count). The van der Waals surface area contributed by atoms with E-state index in [-0.39, 0.29) is 18.0 Å². The molecule has 0 spiro atoms. The summed E-state index contributed by atoms with van der Waals surface area (Å²) in [5, 5.41) is 14.7. The lowest BCUT2D eigenvalue weighted by Crippen LogP contribution is -2.41. The van der Waals surface area contributed by atoms with E-state index in [9.17, 15) is 4.79 Å². The Hall–Kier alpha value is -2.02. The zero-order valence-corrected chi connectivity index (χ0v) is 11.0. The first-order valence-electron chi connectivity index (χ1n) is 6.14. The van der Waals surface area contributed by atoms with Gasteiger partial charge in [0.1, 0.15) is 6.04 Å². The summed E-state index contributed by atoms with van der Waals surface area (Å²) in [6.07, 6.45) is 0.912. The number of nitrogens with one attached hydrogen (secondary N) is 2. The standard InChI is InChI=1S/C14H19N3O/c1-4-10(2)16-14(18)11(3)17-13-7-5-12(9-15)6-8-13/h5-8,10-11,17H,4H2,1-3H3,(H,16,18). The number of hydrogen-bond acceptors (Lipinski definition) is 3. The first-order chi connectivity index (χ1) is 8.56. The maximum absolute atomic E-state index is 11.8. The zero-order chi connectivity index (χ0) is 13.5. The molecule has 1 aromatic rings. The topological polar surface area (TPSA) is 64.9 Å². The molecule has 0 aliphatic heterocycles. The van der Waals surface area contributed by atoms with Crippen LogP contribution in [0.4, 0.5) is 5.69 Å². The first-order valence-corrected chi connectivity index (χ1v) is 6.14. The Morgan fingerprint density at radius 3 is 2.44 bits per heavy atom. The summed E-state index contributed by atoms with van der Waals surface area (Å²) < 4.78 is 0. The number of amides is 1. The predicted octanol–water partition coefficient (Wildman–Crippen LogP) is 2.27. The Morgan fingerprint density at radius 2 is 1.94 bits per heavy atom. The molecule has 0 aliphatic rings. The van der Waals surface area contributed by atoms with Crippen LogP contribution in [0.25, 0.3) is 0 Å². The molecule has 2 unspecified atom stereocenters. The van der Waals surface area contributed by atoms with Crippen molar-refractivity contribution in [3.05, 3.63) is 29.8 Å². The van der Waals surface area contributed by atoms with Crippen molar-refractivity contribution in [1.82, 2.24) is 5.32 Å². The SMILES string of the molecule is CCC(C)NC(=O)C(C)Nc1ccc(C#N)cc1. The van der Waals surface area contributed by atoms with E-state index in [4.69, 9.17) is 5.26 Å². The average Bonchev–Trinajstić information content (AvgIpc) is 2.39. The van der Waals surface area contributed by atoms with Gasteiger partial charge in [0, 0.05) is 11.7 Å². The van der Waals surface area contributed by atoms with Gasteiger partial charge in [-0.1, -0.05) is 6.92 Å². The highest BCUT2D eigenvalue weighted by atomic mass is 16.2. The lowest BCUT2D eigenvalue weighted by molar-refractivity contribution is -0.122. The number of benzene rings is 1. The summed E-state index contributed by atoms with van der Waals surface area (Å²) >= 11 is 0. The number of anilines is 1. The van der Waals surface area contributed by atoms with Gasteiger partial charge in [0.25, 0.3) is 0 Å². The Kier molecular flexibility index (Phi) is 5.19. The molecule has 0 fully saturated rings. The van der Waals surface area contributed by atoms with Crippen LogP contribution in [0.2, 0.25) is 0 Å². The quantitative estimate of drug-likeness (QED) is 0.836. The normalized spacial score (nSPS) is 13.2. The van der Waals surface area contributed by atoms with Crippen molar-refractivity contribution >= 4 is 11.6 Å². The van der Waals surface area contributed by atoms with E-state index in [0.717, 1.165) is 12.1 Å². The van der Waals surface area contributed by atoms with Gasteiger partial charge >= 0.3 is 0 Å². The first kappa shape index (κ1) is 14.0. The number of nitriles is 1. The smallest absolute Gasteiger partial charge is 0.242 e. The second-order valence-electron chi connectivity index (χ2n) is 4.37. The Morgan fingerprint density at radius 1 is 1.33 bits per heavy atom. The third-order valence-electron chi connectivity index (χ3n) is 2.79. The molecule has 0 radical (unpaired) electrons. The molecule has 4 nitrogen and oxygen atoms in total. The highest BCUT2D eigenvalue weighted by Crippen LogP contribution is 2.10. The summed E-state index contributed by atoms with van der Waals surface area (Å²) in [6, 6.07) is 8.98. The lowest BCUT2D eigenvalue weighted by atomic mass is 10.2. The fraction of sp³-hybridized carbons (Fsp3) is 0.429.